The van der Waals surface area contributed by atoms with Crippen LogP contribution in [0.1, 0.15) is 29.2 Å². The number of amides is 2. The Kier molecular flexibility index (Phi) is 10.8. The lowest BCUT2D eigenvalue weighted by molar-refractivity contribution is -0.140. The number of halogens is 1. The van der Waals surface area contributed by atoms with Crippen molar-refractivity contribution in [3.63, 3.8) is 0 Å². The SMILES string of the molecule is CCNC(=O)[C@H](Cc1ccccc1)N(Cc1ccc(Br)cc1)C(=O)CN(c1cc(C)ccc1C)S(=O)(=O)c1ccccc1. The molecule has 0 aromatic heterocycles. The first-order chi connectivity index (χ1) is 20.6. The summed E-state index contributed by atoms with van der Waals surface area (Å²) in [5, 5.41) is 2.88. The van der Waals surface area contributed by atoms with Crippen molar-refractivity contribution < 1.29 is 18.0 Å². The maximum atomic E-state index is 14.4. The summed E-state index contributed by atoms with van der Waals surface area (Å²) in [4.78, 5) is 29.6. The molecule has 0 bridgehead atoms. The van der Waals surface area contributed by atoms with E-state index >= 15 is 0 Å². The smallest absolute Gasteiger partial charge is 0.264 e. The van der Waals surface area contributed by atoms with Gasteiger partial charge in [-0.3, -0.25) is 13.9 Å². The van der Waals surface area contributed by atoms with E-state index in [1.165, 1.54) is 21.3 Å². The van der Waals surface area contributed by atoms with E-state index in [1.54, 1.807) is 24.3 Å². The molecule has 0 heterocycles. The summed E-state index contributed by atoms with van der Waals surface area (Å²) in [5.41, 5.74) is 3.68. The van der Waals surface area contributed by atoms with Crippen molar-refractivity contribution in [2.45, 2.75) is 44.7 Å². The van der Waals surface area contributed by atoms with Gasteiger partial charge >= 0.3 is 0 Å². The zero-order valence-electron chi connectivity index (χ0n) is 24.5. The van der Waals surface area contributed by atoms with Crippen LogP contribution in [0.4, 0.5) is 5.69 Å². The fourth-order valence-corrected chi connectivity index (χ4v) is 6.61. The van der Waals surface area contributed by atoms with Gasteiger partial charge in [0.15, 0.2) is 0 Å². The second-order valence-electron chi connectivity index (χ2n) is 10.4. The normalized spacial score (nSPS) is 11.9. The summed E-state index contributed by atoms with van der Waals surface area (Å²) in [7, 11) is -4.14. The average molecular weight is 663 g/mol. The van der Waals surface area contributed by atoms with Crippen LogP contribution in [0.3, 0.4) is 0 Å². The standard InChI is InChI=1S/C34H36BrN3O4S/c1-4-36-34(40)32(22-27-11-7-5-8-12-27)37(23-28-17-19-29(35)20-18-28)33(39)24-38(31-21-25(2)15-16-26(31)3)43(41,42)30-13-9-6-10-14-30/h5-21,32H,4,22-24H2,1-3H3,(H,36,40)/t32-/m0/s1. The molecule has 0 aliphatic rings. The van der Waals surface area contributed by atoms with E-state index in [9.17, 15) is 18.0 Å². The molecule has 1 atom stereocenters. The van der Waals surface area contributed by atoms with Crippen LogP contribution in [-0.2, 0) is 32.6 Å². The van der Waals surface area contributed by atoms with Crippen molar-refractivity contribution in [3.8, 4) is 0 Å². The lowest BCUT2D eigenvalue weighted by atomic mass is 10.0. The van der Waals surface area contributed by atoms with Gasteiger partial charge in [0.1, 0.15) is 12.6 Å². The van der Waals surface area contributed by atoms with Crippen molar-refractivity contribution in [3.05, 3.63) is 130 Å². The molecule has 43 heavy (non-hydrogen) atoms. The van der Waals surface area contributed by atoms with Gasteiger partial charge in [-0.2, -0.15) is 0 Å². The van der Waals surface area contributed by atoms with Crippen molar-refractivity contribution in [2.75, 3.05) is 17.4 Å². The van der Waals surface area contributed by atoms with Crippen LogP contribution in [0.2, 0.25) is 0 Å². The Morgan fingerprint density at radius 1 is 0.837 bits per heavy atom. The summed E-state index contributed by atoms with van der Waals surface area (Å²) < 4.78 is 30.3. The minimum absolute atomic E-state index is 0.0766. The number of hydrogen-bond donors (Lipinski definition) is 1. The van der Waals surface area contributed by atoms with Gasteiger partial charge in [0, 0.05) is 24.0 Å². The second kappa shape index (κ2) is 14.5. The summed E-state index contributed by atoms with van der Waals surface area (Å²) >= 11 is 3.45. The number of nitrogens with zero attached hydrogens (tertiary/aromatic N) is 2. The fraction of sp³-hybridized carbons (Fsp3) is 0.235. The maximum absolute atomic E-state index is 14.4. The molecular weight excluding hydrogens is 626 g/mol. The molecule has 4 aromatic carbocycles. The zero-order chi connectivity index (χ0) is 31.0. The highest BCUT2D eigenvalue weighted by atomic mass is 79.9. The fourth-order valence-electron chi connectivity index (χ4n) is 4.85. The van der Waals surface area contributed by atoms with Crippen LogP contribution in [-0.4, -0.2) is 44.3 Å². The molecule has 0 unspecified atom stereocenters. The van der Waals surface area contributed by atoms with Crippen LogP contribution < -0.4 is 9.62 Å². The van der Waals surface area contributed by atoms with Crippen molar-refractivity contribution >= 4 is 43.5 Å². The molecule has 2 amide bonds. The van der Waals surface area contributed by atoms with Crippen LogP contribution in [0, 0.1) is 13.8 Å². The molecule has 9 heteroatoms. The van der Waals surface area contributed by atoms with E-state index in [0.29, 0.717) is 17.8 Å². The third-order valence-corrected chi connectivity index (χ3v) is 9.43. The van der Waals surface area contributed by atoms with Crippen LogP contribution in [0.5, 0.6) is 0 Å². The molecule has 224 valence electrons. The predicted octanol–water partition coefficient (Wildman–Crippen LogP) is 6.04. The van der Waals surface area contributed by atoms with Gasteiger partial charge in [-0.05, 0) is 73.4 Å². The number of benzene rings is 4. The molecule has 0 saturated heterocycles. The maximum Gasteiger partial charge on any atom is 0.264 e. The van der Waals surface area contributed by atoms with E-state index in [2.05, 4.69) is 21.2 Å². The Bertz CT molecular complexity index is 1650. The number of nitrogens with one attached hydrogen (secondary N) is 1. The lowest BCUT2D eigenvalue weighted by Gasteiger charge is -2.34. The molecule has 4 rings (SSSR count). The summed E-state index contributed by atoms with van der Waals surface area (Å²) in [5.74, 6) is -0.795. The first-order valence-electron chi connectivity index (χ1n) is 14.1. The minimum atomic E-state index is -4.14. The third kappa shape index (κ3) is 8.12. The Morgan fingerprint density at radius 2 is 1.47 bits per heavy atom. The Morgan fingerprint density at radius 3 is 2.09 bits per heavy atom. The van der Waals surface area contributed by atoms with Gasteiger partial charge in [-0.25, -0.2) is 8.42 Å². The quantitative estimate of drug-likeness (QED) is 0.201. The van der Waals surface area contributed by atoms with Crippen LogP contribution in [0.25, 0.3) is 0 Å². The Hall–Kier alpha value is -3.95. The number of likely N-dealkylation sites (N-methyl/N-ethyl adjacent to an activating group) is 1. The predicted molar refractivity (Wildman–Crippen MR) is 174 cm³/mol. The monoisotopic (exact) mass is 661 g/mol. The van der Waals surface area contributed by atoms with Crippen molar-refractivity contribution in [1.82, 2.24) is 10.2 Å². The highest BCUT2D eigenvalue weighted by Crippen LogP contribution is 2.29. The number of hydrogen-bond acceptors (Lipinski definition) is 4. The van der Waals surface area contributed by atoms with E-state index in [4.69, 9.17) is 0 Å². The second-order valence-corrected chi connectivity index (χ2v) is 13.1. The van der Waals surface area contributed by atoms with Gasteiger partial charge in [0.2, 0.25) is 11.8 Å². The number of carbonyl (C=O) groups excluding carboxylic acids is 2. The topological polar surface area (TPSA) is 86.8 Å². The molecule has 1 N–H and O–H groups in total. The summed E-state index contributed by atoms with van der Waals surface area (Å²) in [6, 6.07) is 29.7. The van der Waals surface area contributed by atoms with Crippen molar-refractivity contribution in [2.24, 2.45) is 0 Å². The molecule has 0 spiro atoms. The Labute approximate surface area is 262 Å². The summed E-state index contributed by atoms with van der Waals surface area (Å²) in [6.07, 6.45) is 0.268. The van der Waals surface area contributed by atoms with Gasteiger partial charge in [0.05, 0.1) is 10.6 Å². The first-order valence-corrected chi connectivity index (χ1v) is 16.3. The van der Waals surface area contributed by atoms with Crippen LogP contribution >= 0.6 is 15.9 Å². The van der Waals surface area contributed by atoms with E-state index < -0.39 is 28.5 Å². The molecular formula is C34H36BrN3O4S. The lowest BCUT2D eigenvalue weighted by Crippen LogP contribution is -2.53. The van der Waals surface area contributed by atoms with Gasteiger partial charge < -0.3 is 10.2 Å². The molecule has 7 nitrogen and oxygen atoms in total. The van der Waals surface area contributed by atoms with E-state index in [1.807, 2.05) is 87.5 Å². The van der Waals surface area contributed by atoms with Crippen LogP contribution in [0.15, 0.2) is 112 Å². The third-order valence-electron chi connectivity index (χ3n) is 7.13. The molecule has 0 fully saturated rings. The highest BCUT2D eigenvalue weighted by Gasteiger charge is 2.35. The number of carbonyl (C=O) groups is 2. The minimum Gasteiger partial charge on any atom is -0.355 e. The molecule has 0 aliphatic heterocycles. The van der Waals surface area contributed by atoms with Gasteiger partial charge in [-0.1, -0.05) is 88.7 Å². The molecule has 4 aromatic rings. The highest BCUT2D eigenvalue weighted by molar-refractivity contribution is 9.10. The first kappa shape index (κ1) is 32.0. The van der Waals surface area contributed by atoms with E-state index in [0.717, 1.165) is 21.2 Å². The molecule has 0 radical (unpaired) electrons. The largest absolute Gasteiger partial charge is 0.355 e. The zero-order valence-corrected chi connectivity index (χ0v) is 26.9. The molecule has 0 aliphatic carbocycles. The number of rotatable bonds is 12. The van der Waals surface area contributed by atoms with E-state index in [-0.39, 0.29) is 23.8 Å². The van der Waals surface area contributed by atoms with Crippen molar-refractivity contribution in [1.29, 1.82) is 0 Å². The summed E-state index contributed by atoms with van der Waals surface area (Å²) in [6.45, 7) is 5.55. The van der Waals surface area contributed by atoms with Gasteiger partial charge in [-0.15, -0.1) is 0 Å². The number of anilines is 1. The van der Waals surface area contributed by atoms with Gasteiger partial charge in [0.25, 0.3) is 10.0 Å². The molecule has 0 saturated carbocycles. The number of sulfonamides is 1. The number of aryl methyl sites for hydroxylation is 2. The Balaban J connectivity index is 1.81. The average Bonchev–Trinajstić information content (AvgIpc) is 3.01.